The van der Waals surface area contributed by atoms with Gasteiger partial charge in [0.1, 0.15) is 11.5 Å². The molecule has 0 aromatic carbocycles. The molecule has 6 nitrogen and oxygen atoms in total. The molecule has 2 unspecified atom stereocenters. The first kappa shape index (κ1) is 21.3. The Bertz CT molecular complexity index is 695. The van der Waals surface area contributed by atoms with Crippen molar-refractivity contribution in [3.63, 3.8) is 0 Å². The first-order valence-corrected chi connectivity index (χ1v) is 9.83. The molecule has 1 aromatic heterocycles. The molecule has 0 aliphatic heterocycles. The van der Waals surface area contributed by atoms with Crippen LogP contribution in [0.2, 0.25) is 0 Å². The molecule has 27 heavy (non-hydrogen) atoms. The average Bonchev–Trinajstić information content (AvgIpc) is 3.20. The van der Waals surface area contributed by atoms with Gasteiger partial charge in [-0.3, -0.25) is 9.69 Å². The molecule has 0 amide bonds. The normalized spacial score (nSPS) is 22.5. The number of hydrogen-bond donors (Lipinski definition) is 0. The highest BCUT2D eigenvalue weighted by Crippen LogP contribution is 2.50. The number of thiophene rings is 1. The first-order chi connectivity index (χ1) is 13.0. The Kier molecular flexibility index (Phi) is 7.33. The number of hydrogen-bond acceptors (Lipinski definition) is 7. The van der Waals surface area contributed by atoms with Crippen molar-refractivity contribution in [2.24, 2.45) is 5.92 Å². The summed E-state index contributed by atoms with van der Waals surface area (Å²) >= 11 is 1.56. The van der Waals surface area contributed by atoms with Gasteiger partial charge in [-0.15, -0.1) is 11.3 Å². The summed E-state index contributed by atoms with van der Waals surface area (Å²) in [5.41, 5.74) is -0.889. The summed E-state index contributed by atoms with van der Waals surface area (Å²) in [6.07, 6.45) is 3.55. The summed E-state index contributed by atoms with van der Waals surface area (Å²) in [6.45, 7) is 2.45. The minimum absolute atomic E-state index is 0.315. The molecule has 2 rings (SSSR count). The van der Waals surface area contributed by atoms with E-state index in [9.17, 15) is 4.79 Å². The maximum atomic E-state index is 13.1. The molecular weight excluding hydrogens is 366 g/mol. The van der Waals surface area contributed by atoms with Crippen molar-refractivity contribution in [2.45, 2.75) is 25.3 Å². The summed E-state index contributed by atoms with van der Waals surface area (Å²) in [4.78, 5) is 16.1. The minimum atomic E-state index is -0.889. The van der Waals surface area contributed by atoms with E-state index < -0.39 is 11.5 Å². The van der Waals surface area contributed by atoms with Crippen LogP contribution in [0.1, 0.15) is 24.6 Å². The molecule has 0 fully saturated rings. The van der Waals surface area contributed by atoms with Gasteiger partial charge in [-0.2, -0.15) is 0 Å². The predicted molar refractivity (Wildman–Crippen MR) is 105 cm³/mol. The Labute approximate surface area is 165 Å². The molecule has 1 aliphatic carbocycles. The van der Waals surface area contributed by atoms with Gasteiger partial charge in [0.2, 0.25) is 5.76 Å². The largest absolute Gasteiger partial charge is 0.495 e. The summed E-state index contributed by atoms with van der Waals surface area (Å²) in [7, 11) is 8.54. The minimum Gasteiger partial charge on any atom is -0.495 e. The number of methoxy groups -OCH3 is 3. The van der Waals surface area contributed by atoms with Crippen LogP contribution in [0.25, 0.3) is 0 Å². The number of unbranched alkanes of at least 4 members (excludes halogenated alkanes) is 1. The van der Waals surface area contributed by atoms with Crippen LogP contribution in [0.4, 0.5) is 0 Å². The predicted octanol–water partition coefficient (Wildman–Crippen LogP) is 3.51. The zero-order valence-electron chi connectivity index (χ0n) is 16.9. The second kappa shape index (κ2) is 9.28. The van der Waals surface area contributed by atoms with Crippen LogP contribution in [-0.4, -0.2) is 52.9 Å². The van der Waals surface area contributed by atoms with Gasteiger partial charge in [0, 0.05) is 4.88 Å². The van der Waals surface area contributed by atoms with E-state index in [1.165, 1.54) is 0 Å². The third-order valence-electron chi connectivity index (χ3n) is 4.77. The summed E-state index contributed by atoms with van der Waals surface area (Å²) in [5, 5.41) is 1.98. The quantitative estimate of drug-likeness (QED) is 0.471. The van der Waals surface area contributed by atoms with Gasteiger partial charge in [-0.05, 0) is 38.0 Å². The van der Waals surface area contributed by atoms with Gasteiger partial charge in [0.15, 0.2) is 11.5 Å². The molecular formula is C20H29NO5S. The standard InChI is InChI=1S/C20H29NO5S/c1-7-8-11-26-19(22)14-13-15(23-4)17(24-5)18(25-6)20(14,21(2)3)16-10-9-12-27-16/h9-10,12-14H,7-8,11H2,1-6H3. The summed E-state index contributed by atoms with van der Waals surface area (Å²) in [5.74, 6) is 0.492. The molecule has 150 valence electrons. The Morgan fingerprint density at radius 1 is 1.22 bits per heavy atom. The fourth-order valence-corrected chi connectivity index (χ4v) is 4.53. The number of nitrogens with zero attached hydrogens (tertiary/aromatic N) is 1. The van der Waals surface area contributed by atoms with Crippen molar-refractivity contribution in [1.29, 1.82) is 0 Å². The van der Waals surface area contributed by atoms with Crippen LogP contribution in [0.15, 0.2) is 40.9 Å². The fourth-order valence-electron chi connectivity index (χ4n) is 3.48. The molecule has 1 aromatic rings. The zero-order chi connectivity index (χ0) is 20.0. The molecule has 0 bridgehead atoms. The Morgan fingerprint density at radius 2 is 1.96 bits per heavy atom. The Morgan fingerprint density at radius 3 is 2.44 bits per heavy atom. The number of carbonyl (C=O) groups excluding carboxylic acids is 1. The highest BCUT2D eigenvalue weighted by Gasteiger charge is 2.56. The van der Waals surface area contributed by atoms with Crippen molar-refractivity contribution in [3.8, 4) is 0 Å². The molecule has 0 N–H and O–H groups in total. The van der Waals surface area contributed by atoms with Gasteiger partial charge >= 0.3 is 5.97 Å². The van der Waals surface area contributed by atoms with Crippen molar-refractivity contribution in [3.05, 3.63) is 45.7 Å². The average molecular weight is 396 g/mol. The van der Waals surface area contributed by atoms with Crippen LogP contribution in [0, 0.1) is 5.92 Å². The van der Waals surface area contributed by atoms with Crippen LogP contribution in [-0.2, 0) is 29.3 Å². The zero-order valence-corrected chi connectivity index (χ0v) is 17.7. The lowest BCUT2D eigenvalue weighted by atomic mass is 9.75. The van der Waals surface area contributed by atoms with Crippen LogP contribution >= 0.6 is 11.3 Å². The monoisotopic (exact) mass is 395 g/mol. The lowest BCUT2D eigenvalue weighted by Gasteiger charge is -2.46. The van der Waals surface area contributed by atoms with E-state index in [0.29, 0.717) is 23.9 Å². The molecule has 0 saturated carbocycles. The van der Waals surface area contributed by atoms with E-state index in [2.05, 4.69) is 6.92 Å². The topological polar surface area (TPSA) is 57.2 Å². The van der Waals surface area contributed by atoms with Gasteiger partial charge < -0.3 is 18.9 Å². The number of esters is 1. The first-order valence-electron chi connectivity index (χ1n) is 8.95. The third-order valence-corrected chi connectivity index (χ3v) is 5.77. The maximum Gasteiger partial charge on any atom is 0.315 e. The molecule has 7 heteroatoms. The lowest BCUT2D eigenvalue weighted by Crippen LogP contribution is -2.53. The number of ether oxygens (including phenoxy) is 4. The smallest absolute Gasteiger partial charge is 0.315 e. The number of rotatable bonds is 9. The van der Waals surface area contributed by atoms with Crippen molar-refractivity contribution >= 4 is 17.3 Å². The SMILES string of the molecule is CCCCOC(=O)C1C=C(OC)C(OC)=C(OC)C1(c1cccs1)N(C)C. The van der Waals surface area contributed by atoms with E-state index in [1.807, 2.05) is 36.5 Å². The van der Waals surface area contributed by atoms with Crippen LogP contribution < -0.4 is 0 Å². The van der Waals surface area contributed by atoms with Crippen molar-refractivity contribution in [1.82, 2.24) is 4.90 Å². The molecule has 2 atom stereocenters. The molecule has 0 radical (unpaired) electrons. The van der Waals surface area contributed by atoms with Crippen molar-refractivity contribution in [2.75, 3.05) is 42.0 Å². The van der Waals surface area contributed by atoms with Crippen LogP contribution in [0.5, 0.6) is 0 Å². The second-order valence-electron chi connectivity index (χ2n) is 6.44. The maximum absolute atomic E-state index is 13.1. The molecule has 0 saturated heterocycles. The second-order valence-corrected chi connectivity index (χ2v) is 7.39. The number of likely N-dealkylation sites (N-methyl/N-ethyl adjacent to an activating group) is 1. The highest BCUT2D eigenvalue weighted by molar-refractivity contribution is 7.10. The van der Waals surface area contributed by atoms with Crippen LogP contribution in [0.3, 0.4) is 0 Å². The van der Waals surface area contributed by atoms with E-state index >= 15 is 0 Å². The Balaban J connectivity index is 2.68. The lowest BCUT2D eigenvalue weighted by molar-refractivity contribution is -0.152. The van der Waals surface area contributed by atoms with E-state index in [0.717, 1.165) is 17.7 Å². The molecule has 1 heterocycles. The Hall–Kier alpha value is -1.99. The van der Waals surface area contributed by atoms with E-state index in [1.54, 1.807) is 38.7 Å². The third kappa shape index (κ3) is 3.71. The number of carbonyl (C=O) groups is 1. The van der Waals surface area contributed by atoms with Gasteiger partial charge in [-0.1, -0.05) is 19.4 Å². The summed E-state index contributed by atoms with van der Waals surface area (Å²) < 4.78 is 22.5. The van der Waals surface area contributed by atoms with E-state index in [4.69, 9.17) is 18.9 Å². The molecule has 0 spiro atoms. The summed E-state index contributed by atoms with van der Waals surface area (Å²) in [6, 6.07) is 3.95. The van der Waals surface area contributed by atoms with E-state index in [-0.39, 0.29) is 5.97 Å². The highest BCUT2D eigenvalue weighted by atomic mass is 32.1. The van der Waals surface area contributed by atoms with Gasteiger partial charge in [-0.25, -0.2) is 0 Å². The van der Waals surface area contributed by atoms with Gasteiger partial charge in [0.25, 0.3) is 0 Å². The van der Waals surface area contributed by atoms with Gasteiger partial charge in [0.05, 0.1) is 27.9 Å². The molecule has 1 aliphatic rings. The fraction of sp³-hybridized carbons (Fsp3) is 0.550. The van der Waals surface area contributed by atoms with Crippen molar-refractivity contribution < 1.29 is 23.7 Å².